The van der Waals surface area contributed by atoms with E-state index in [1.165, 1.54) is 0 Å². The minimum atomic E-state index is -1.19. The Morgan fingerprint density at radius 3 is 2.35 bits per heavy atom. The fraction of sp³-hybridized carbons (Fsp3) is 0.308. The predicted octanol–water partition coefficient (Wildman–Crippen LogP) is 4.53. The number of alkyl halides is 2. The standard InChI is InChI=1S/C13H11Br2Cl2NO2/c1-6-8(14)3-7(4-9(6)15)5-10-11(19)18-12(20-10)13(2,16)17/h3-5,12H,1-2H3,(H,18,19)/b10-5-. The molecule has 1 aliphatic rings. The van der Waals surface area contributed by atoms with Crippen molar-refractivity contribution in [3.8, 4) is 0 Å². The van der Waals surface area contributed by atoms with Gasteiger partial charge in [0.25, 0.3) is 5.91 Å². The topological polar surface area (TPSA) is 38.3 Å². The van der Waals surface area contributed by atoms with Gasteiger partial charge in [-0.15, -0.1) is 0 Å². The van der Waals surface area contributed by atoms with Crippen molar-refractivity contribution in [3.05, 3.63) is 38.0 Å². The second-order valence-corrected chi connectivity index (χ2v) is 8.02. The predicted molar refractivity (Wildman–Crippen MR) is 87.7 cm³/mol. The van der Waals surface area contributed by atoms with Gasteiger partial charge in [-0.1, -0.05) is 55.1 Å². The van der Waals surface area contributed by atoms with E-state index in [2.05, 4.69) is 37.2 Å². The van der Waals surface area contributed by atoms with Crippen molar-refractivity contribution in [1.29, 1.82) is 0 Å². The number of hydrogen-bond donors (Lipinski definition) is 1. The SMILES string of the molecule is Cc1c(Br)cc(/C=C2\OC(C(C)(Cl)Cl)NC2=O)cc1Br. The molecular formula is C13H11Br2Cl2NO2. The molecule has 3 nitrogen and oxygen atoms in total. The van der Waals surface area contributed by atoms with Gasteiger partial charge in [-0.3, -0.25) is 4.79 Å². The van der Waals surface area contributed by atoms with E-state index in [1.807, 2.05) is 19.1 Å². The first kappa shape index (κ1) is 16.1. The maximum atomic E-state index is 11.8. The summed E-state index contributed by atoms with van der Waals surface area (Å²) in [6, 6.07) is 3.80. The summed E-state index contributed by atoms with van der Waals surface area (Å²) >= 11 is 18.8. The van der Waals surface area contributed by atoms with Crippen molar-refractivity contribution >= 4 is 67.0 Å². The minimum Gasteiger partial charge on any atom is -0.462 e. The van der Waals surface area contributed by atoms with Gasteiger partial charge in [0.1, 0.15) is 0 Å². The molecule has 1 atom stereocenters. The number of halogens is 4. The summed E-state index contributed by atoms with van der Waals surface area (Å²) in [7, 11) is 0. The molecule has 1 aromatic rings. The summed E-state index contributed by atoms with van der Waals surface area (Å²) < 4.78 is 6.14. The van der Waals surface area contributed by atoms with E-state index in [0.29, 0.717) is 0 Å². The molecule has 0 aliphatic carbocycles. The van der Waals surface area contributed by atoms with Crippen molar-refractivity contribution in [1.82, 2.24) is 5.32 Å². The van der Waals surface area contributed by atoms with Crippen LogP contribution in [0.15, 0.2) is 26.8 Å². The van der Waals surface area contributed by atoms with E-state index >= 15 is 0 Å². The summed E-state index contributed by atoms with van der Waals surface area (Å²) in [4.78, 5) is 11.8. The lowest BCUT2D eigenvalue weighted by atomic mass is 10.1. The zero-order valence-electron chi connectivity index (χ0n) is 10.6. The van der Waals surface area contributed by atoms with E-state index in [-0.39, 0.29) is 11.7 Å². The number of nitrogens with one attached hydrogen (secondary N) is 1. The van der Waals surface area contributed by atoms with Gasteiger partial charge >= 0.3 is 0 Å². The van der Waals surface area contributed by atoms with Crippen molar-refractivity contribution in [3.63, 3.8) is 0 Å². The van der Waals surface area contributed by atoms with Gasteiger partial charge in [0, 0.05) is 8.95 Å². The van der Waals surface area contributed by atoms with E-state index in [0.717, 1.165) is 20.1 Å². The smallest absolute Gasteiger partial charge is 0.289 e. The largest absolute Gasteiger partial charge is 0.462 e. The highest BCUT2D eigenvalue weighted by atomic mass is 79.9. The normalized spacial score (nSPS) is 21.0. The highest BCUT2D eigenvalue weighted by molar-refractivity contribution is 9.11. The van der Waals surface area contributed by atoms with E-state index in [9.17, 15) is 4.79 Å². The zero-order valence-corrected chi connectivity index (χ0v) is 15.3. The number of rotatable bonds is 2. The van der Waals surface area contributed by atoms with E-state index < -0.39 is 10.6 Å². The Hall–Kier alpha value is -0.230. The molecule has 0 radical (unpaired) electrons. The van der Waals surface area contributed by atoms with Gasteiger partial charge in [-0.25, -0.2) is 0 Å². The van der Waals surface area contributed by atoms with Crippen molar-refractivity contribution in [2.24, 2.45) is 0 Å². The molecule has 0 bridgehead atoms. The number of benzene rings is 1. The Balaban J connectivity index is 2.30. The Morgan fingerprint density at radius 1 is 1.35 bits per heavy atom. The van der Waals surface area contributed by atoms with Crippen molar-refractivity contribution in [2.75, 3.05) is 0 Å². The lowest BCUT2D eigenvalue weighted by molar-refractivity contribution is -0.116. The summed E-state index contributed by atoms with van der Waals surface area (Å²) in [6.07, 6.45) is 0.881. The third kappa shape index (κ3) is 3.50. The van der Waals surface area contributed by atoms with Gasteiger partial charge in [0.2, 0.25) is 6.23 Å². The highest BCUT2D eigenvalue weighted by Gasteiger charge is 2.40. The summed E-state index contributed by atoms with van der Waals surface area (Å²) in [5.41, 5.74) is 1.90. The van der Waals surface area contributed by atoms with Crippen LogP contribution in [-0.2, 0) is 9.53 Å². The molecule has 2 rings (SSSR count). The quantitative estimate of drug-likeness (QED) is 0.539. The summed E-state index contributed by atoms with van der Waals surface area (Å²) in [5, 5.41) is 2.59. The van der Waals surface area contributed by atoms with Gasteiger partial charge in [0.15, 0.2) is 10.1 Å². The van der Waals surface area contributed by atoms with Crippen LogP contribution in [0.3, 0.4) is 0 Å². The lowest BCUT2D eigenvalue weighted by Gasteiger charge is -2.20. The maximum Gasteiger partial charge on any atom is 0.289 e. The molecule has 0 aromatic heterocycles. The van der Waals surface area contributed by atoms with Crippen LogP contribution in [0.2, 0.25) is 0 Å². The Kier molecular flexibility index (Phi) is 4.74. The monoisotopic (exact) mass is 441 g/mol. The lowest BCUT2D eigenvalue weighted by Crippen LogP contribution is -2.39. The van der Waals surface area contributed by atoms with Gasteiger partial charge in [-0.05, 0) is 43.2 Å². The van der Waals surface area contributed by atoms with Gasteiger partial charge < -0.3 is 10.1 Å². The zero-order chi connectivity index (χ0) is 15.1. The Bertz CT molecular complexity index is 574. The fourth-order valence-corrected chi connectivity index (χ4v) is 3.05. The average molecular weight is 444 g/mol. The van der Waals surface area contributed by atoms with Crippen molar-refractivity contribution < 1.29 is 9.53 Å². The first-order valence-electron chi connectivity index (χ1n) is 5.71. The third-order valence-electron chi connectivity index (χ3n) is 2.79. The van der Waals surface area contributed by atoms with Crippen LogP contribution in [0.5, 0.6) is 0 Å². The van der Waals surface area contributed by atoms with E-state index in [1.54, 1.807) is 13.0 Å². The van der Waals surface area contributed by atoms with Crippen molar-refractivity contribution in [2.45, 2.75) is 24.4 Å². The Morgan fingerprint density at radius 2 is 1.90 bits per heavy atom. The molecule has 1 heterocycles. The van der Waals surface area contributed by atoms with Crippen LogP contribution in [0.4, 0.5) is 0 Å². The van der Waals surface area contributed by atoms with Crippen LogP contribution in [-0.4, -0.2) is 16.5 Å². The Labute approximate surface area is 143 Å². The maximum absolute atomic E-state index is 11.8. The average Bonchev–Trinajstić information content (AvgIpc) is 2.68. The molecule has 0 spiro atoms. The number of carbonyl (C=O) groups excluding carboxylic acids is 1. The molecule has 1 fully saturated rings. The van der Waals surface area contributed by atoms with Gasteiger partial charge in [-0.2, -0.15) is 0 Å². The molecule has 108 valence electrons. The van der Waals surface area contributed by atoms with Gasteiger partial charge in [0.05, 0.1) is 0 Å². The first-order valence-corrected chi connectivity index (χ1v) is 8.05. The minimum absolute atomic E-state index is 0.185. The number of hydrogen-bond acceptors (Lipinski definition) is 2. The molecule has 20 heavy (non-hydrogen) atoms. The number of carbonyl (C=O) groups is 1. The first-order chi connectivity index (χ1) is 9.18. The third-order valence-corrected chi connectivity index (χ3v) is 4.84. The van der Waals surface area contributed by atoms with E-state index in [4.69, 9.17) is 27.9 Å². The van der Waals surface area contributed by atoms with Crippen LogP contribution in [0.1, 0.15) is 18.1 Å². The molecule has 1 N–H and O–H groups in total. The summed E-state index contributed by atoms with van der Waals surface area (Å²) in [5.74, 6) is -0.152. The van der Waals surface area contributed by atoms with Crippen LogP contribution < -0.4 is 5.32 Å². The van der Waals surface area contributed by atoms with Crippen LogP contribution in [0, 0.1) is 6.92 Å². The second-order valence-electron chi connectivity index (χ2n) is 4.55. The fourth-order valence-electron chi connectivity index (χ4n) is 1.63. The number of amides is 1. The number of ether oxygens (including phenoxy) is 1. The molecule has 1 saturated heterocycles. The second kappa shape index (κ2) is 5.87. The molecule has 1 amide bonds. The molecule has 0 saturated carbocycles. The highest BCUT2D eigenvalue weighted by Crippen LogP contribution is 2.32. The molecule has 7 heteroatoms. The molecular weight excluding hydrogens is 433 g/mol. The summed E-state index contributed by atoms with van der Waals surface area (Å²) in [6.45, 7) is 3.54. The molecule has 1 aliphatic heterocycles. The van der Waals surface area contributed by atoms with Crippen LogP contribution >= 0.6 is 55.1 Å². The molecule has 1 aromatic carbocycles. The molecule has 1 unspecified atom stereocenters. The van der Waals surface area contributed by atoms with Crippen LogP contribution in [0.25, 0.3) is 6.08 Å².